The first-order chi connectivity index (χ1) is 15.0. The van der Waals surface area contributed by atoms with Gasteiger partial charge in [-0.15, -0.1) is 0 Å². The Morgan fingerprint density at radius 1 is 1.10 bits per heavy atom. The number of carbonyl (C=O) groups excluding carboxylic acids is 1. The molecule has 0 unspecified atom stereocenters. The summed E-state index contributed by atoms with van der Waals surface area (Å²) in [7, 11) is 0. The zero-order valence-corrected chi connectivity index (χ0v) is 17.9. The topological polar surface area (TPSA) is 84.4 Å². The van der Waals surface area contributed by atoms with E-state index in [-0.39, 0.29) is 5.91 Å². The van der Waals surface area contributed by atoms with Crippen LogP contribution in [0.15, 0.2) is 45.3 Å². The van der Waals surface area contributed by atoms with Crippen LogP contribution in [0, 0.1) is 20.8 Å². The zero-order chi connectivity index (χ0) is 21.5. The first kappa shape index (κ1) is 19.4. The number of hydrogen-bond acceptors (Lipinski definition) is 6. The number of fused-ring (bicyclic) bond motifs is 1. The number of rotatable bonds is 4. The Hall–Kier alpha value is -3.61. The summed E-state index contributed by atoms with van der Waals surface area (Å²) in [5.41, 5.74) is 4.75. The molecule has 5 rings (SSSR count). The van der Waals surface area contributed by atoms with Gasteiger partial charge in [-0.2, -0.15) is 0 Å². The van der Waals surface area contributed by atoms with Crippen molar-refractivity contribution in [1.82, 2.24) is 10.1 Å². The van der Waals surface area contributed by atoms with E-state index in [4.69, 9.17) is 8.94 Å². The van der Waals surface area contributed by atoms with Crippen LogP contribution in [0.3, 0.4) is 0 Å². The molecule has 0 radical (unpaired) electrons. The maximum atomic E-state index is 13.5. The molecule has 0 aliphatic carbocycles. The molecule has 31 heavy (non-hydrogen) atoms. The summed E-state index contributed by atoms with van der Waals surface area (Å²) < 4.78 is 11.1. The lowest BCUT2D eigenvalue weighted by molar-refractivity contribution is 0.102. The fraction of sp³-hybridized carbons (Fsp3) is 0.292. The lowest BCUT2D eigenvalue weighted by atomic mass is 10.1. The normalized spacial score (nSPS) is 13.8. The third-order valence-electron chi connectivity index (χ3n) is 5.78. The summed E-state index contributed by atoms with van der Waals surface area (Å²) in [5, 5.41) is 7.77. The predicted octanol–water partition coefficient (Wildman–Crippen LogP) is 5.26. The molecule has 1 aromatic carbocycles. The zero-order valence-electron chi connectivity index (χ0n) is 17.9. The van der Waals surface area contributed by atoms with E-state index < -0.39 is 0 Å². The average molecular weight is 416 g/mol. The molecule has 0 spiro atoms. The maximum absolute atomic E-state index is 13.5. The molecule has 1 amide bonds. The van der Waals surface area contributed by atoms with Crippen LogP contribution in [0.1, 0.15) is 40.4 Å². The monoisotopic (exact) mass is 416 g/mol. The molecule has 3 aromatic heterocycles. The molecule has 7 nitrogen and oxygen atoms in total. The highest BCUT2D eigenvalue weighted by Gasteiger charge is 2.23. The van der Waals surface area contributed by atoms with Gasteiger partial charge >= 0.3 is 0 Å². The van der Waals surface area contributed by atoms with Gasteiger partial charge in [0, 0.05) is 18.7 Å². The molecule has 0 saturated carbocycles. The highest BCUT2D eigenvalue weighted by molar-refractivity contribution is 6.14. The van der Waals surface area contributed by atoms with Crippen LogP contribution in [0.4, 0.5) is 11.4 Å². The minimum atomic E-state index is -0.218. The highest BCUT2D eigenvalue weighted by Crippen LogP contribution is 2.33. The van der Waals surface area contributed by atoms with Gasteiger partial charge in [0.25, 0.3) is 11.6 Å². The summed E-state index contributed by atoms with van der Waals surface area (Å²) in [5.74, 6) is 1.31. The molecule has 4 heterocycles. The number of benzene rings is 1. The Bertz CT molecular complexity index is 1280. The van der Waals surface area contributed by atoms with Crippen LogP contribution in [0.25, 0.3) is 22.4 Å². The second-order valence-electron chi connectivity index (χ2n) is 8.00. The van der Waals surface area contributed by atoms with Crippen molar-refractivity contribution in [2.24, 2.45) is 0 Å². The van der Waals surface area contributed by atoms with E-state index in [1.54, 1.807) is 6.07 Å². The van der Waals surface area contributed by atoms with E-state index in [0.29, 0.717) is 28.1 Å². The number of pyridine rings is 1. The number of furan rings is 1. The van der Waals surface area contributed by atoms with Gasteiger partial charge in [0.15, 0.2) is 0 Å². The number of nitrogens with one attached hydrogen (secondary N) is 1. The van der Waals surface area contributed by atoms with Crippen molar-refractivity contribution in [3.8, 4) is 11.3 Å². The number of aromatic nitrogens is 2. The molecule has 1 aliphatic rings. The SMILES string of the molecule is Cc1cc(-c2cc(C(=O)Nc3ccccc3N3CCCC3)c3c(C)noc3n2)c(C)o1. The van der Waals surface area contributed by atoms with Crippen molar-refractivity contribution in [3.05, 3.63) is 59.2 Å². The van der Waals surface area contributed by atoms with Crippen molar-refractivity contribution in [2.75, 3.05) is 23.3 Å². The summed E-state index contributed by atoms with van der Waals surface area (Å²) in [6, 6.07) is 11.6. The Balaban J connectivity index is 1.58. The number of nitrogens with zero attached hydrogens (tertiary/aromatic N) is 3. The average Bonchev–Trinajstić information content (AvgIpc) is 3.49. The largest absolute Gasteiger partial charge is 0.466 e. The van der Waals surface area contributed by atoms with Crippen molar-refractivity contribution in [3.63, 3.8) is 0 Å². The molecule has 0 bridgehead atoms. The quantitative estimate of drug-likeness (QED) is 0.488. The summed E-state index contributed by atoms with van der Waals surface area (Å²) in [4.78, 5) is 20.4. The number of aryl methyl sites for hydroxylation is 3. The summed E-state index contributed by atoms with van der Waals surface area (Å²) >= 11 is 0. The fourth-order valence-electron chi connectivity index (χ4n) is 4.30. The molecule has 4 aromatic rings. The predicted molar refractivity (Wildman–Crippen MR) is 120 cm³/mol. The standard InChI is InChI=1S/C24H24N4O3/c1-14-12-17(16(3)30-14)20-13-18(22-15(2)27-31-24(22)26-20)23(29)25-19-8-4-5-9-21(19)28-10-6-7-11-28/h4-5,8-9,12-13H,6-7,10-11H2,1-3H3,(H,25,29). The van der Waals surface area contributed by atoms with Gasteiger partial charge in [-0.3, -0.25) is 4.79 Å². The summed E-state index contributed by atoms with van der Waals surface area (Å²) in [6.45, 7) is 7.58. The molecular formula is C24H24N4O3. The Morgan fingerprint density at radius 2 is 1.87 bits per heavy atom. The van der Waals surface area contributed by atoms with Crippen LogP contribution < -0.4 is 10.2 Å². The Kier molecular flexibility index (Phi) is 4.73. The maximum Gasteiger partial charge on any atom is 0.259 e. The van der Waals surface area contributed by atoms with Gasteiger partial charge in [0.2, 0.25) is 0 Å². The number of anilines is 2. The van der Waals surface area contributed by atoms with Crippen LogP contribution in [-0.4, -0.2) is 29.1 Å². The van der Waals surface area contributed by atoms with E-state index in [0.717, 1.165) is 41.5 Å². The lowest BCUT2D eigenvalue weighted by Gasteiger charge is -2.21. The number of hydrogen-bond donors (Lipinski definition) is 1. The van der Waals surface area contributed by atoms with E-state index in [1.165, 1.54) is 12.8 Å². The minimum Gasteiger partial charge on any atom is -0.466 e. The van der Waals surface area contributed by atoms with E-state index >= 15 is 0 Å². The molecule has 158 valence electrons. The smallest absolute Gasteiger partial charge is 0.259 e. The first-order valence-corrected chi connectivity index (χ1v) is 10.5. The van der Waals surface area contributed by atoms with E-state index in [2.05, 4.69) is 26.4 Å². The van der Waals surface area contributed by atoms with Crippen LogP contribution >= 0.6 is 0 Å². The molecule has 1 aliphatic heterocycles. The van der Waals surface area contributed by atoms with E-state index in [1.807, 2.05) is 45.0 Å². The molecule has 7 heteroatoms. The number of amides is 1. The fourth-order valence-corrected chi connectivity index (χ4v) is 4.30. The number of para-hydroxylation sites is 2. The molecule has 1 N–H and O–H groups in total. The van der Waals surface area contributed by atoms with Crippen molar-refractivity contribution >= 4 is 28.4 Å². The number of carbonyl (C=O) groups is 1. The highest BCUT2D eigenvalue weighted by atomic mass is 16.5. The van der Waals surface area contributed by atoms with Gasteiger partial charge in [0.05, 0.1) is 33.7 Å². The lowest BCUT2D eigenvalue weighted by Crippen LogP contribution is -2.21. The van der Waals surface area contributed by atoms with Gasteiger partial charge in [-0.25, -0.2) is 4.98 Å². The first-order valence-electron chi connectivity index (χ1n) is 10.5. The third-order valence-corrected chi connectivity index (χ3v) is 5.78. The van der Waals surface area contributed by atoms with Crippen LogP contribution in [0.5, 0.6) is 0 Å². The molecule has 1 fully saturated rings. The second kappa shape index (κ2) is 7.58. The van der Waals surface area contributed by atoms with Crippen LogP contribution in [0.2, 0.25) is 0 Å². The van der Waals surface area contributed by atoms with Crippen LogP contribution in [-0.2, 0) is 0 Å². The molecular weight excluding hydrogens is 392 g/mol. The van der Waals surface area contributed by atoms with Gasteiger partial charge < -0.3 is 19.2 Å². The van der Waals surface area contributed by atoms with E-state index in [9.17, 15) is 4.79 Å². The van der Waals surface area contributed by atoms with Crippen molar-refractivity contribution in [2.45, 2.75) is 33.6 Å². The molecule has 1 saturated heterocycles. The Labute approximate surface area is 180 Å². The Morgan fingerprint density at radius 3 is 2.61 bits per heavy atom. The second-order valence-corrected chi connectivity index (χ2v) is 8.00. The summed E-state index contributed by atoms with van der Waals surface area (Å²) in [6.07, 6.45) is 2.33. The minimum absolute atomic E-state index is 0.218. The van der Waals surface area contributed by atoms with Crippen molar-refractivity contribution in [1.29, 1.82) is 0 Å². The van der Waals surface area contributed by atoms with Gasteiger partial charge in [0.1, 0.15) is 11.5 Å². The molecule has 0 atom stereocenters. The van der Waals surface area contributed by atoms with Crippen molar-refractivity contribution < 1.29 is 13.7 Å². The van der Waals surface area contributed by atoms with Gasteiger partial charge in [-0.05, 0) is 57.9 Å². The van der Waals surface area contributed by atoms with Gasteiger partial charge in [-0.1, -0.05) is 17.3 Å². The third kappa shape index (κ3) is 3.46.